The van der Waals surface area contributed by atoms with Crippen LogP contribution in [-0.4, -0.2) is 31.4 Å². The molecule has 0 atom stereocenters. The summed E-state index contributed by atoms with van der Waals surface area (Å²) in [5, 5.41) is 0. The highest BCUT2D eigenvalue weighted by Crippen LogP contribution is 2.08. The number of Topliss-reactive ketones (excluding diaryl/α,β-unsaturated/α-hetero) is 1. The number of hydrogen-bond donors (Lipinski definition) is 0. The van der Waals surface area contributed by atoms with Crippen LogP contribution in [-0.2, 0) is 14.3 Å². The second-order valence-electron chi connectivity index (χ2n) is 4.99. The topological polar surface area (TPSA) is 69.7 Å². The van der Waals surface area contributed by atoms with Gasteiger partial charge in [0, 0.05) is 11.6 Å². The number of carbonyl (C=O) groups excluding carboxylic acids is 3. The van der Waals surface area contributed by atoms with E-state index in [4.69, 9.17) is 4.74 Å². The summed E-state index contributed by atoms with van der Waals surface area (Å²) in [6.07, 6.45) is 2.64. The number of carbonyl (C=O) groups is 3. The van der Waals surface area contributed by atoms with Crippen molar-refractivity contribution in [3.05, 3.63) is 77.1 Å². The minimum Gasteiger partial charge on any atom is -0.465 e. The summed E-state index contributed by atoms with van der Waals surface area (Å²) in [5.41, 5.74) is 1.19. The number of esters is 2. The van der Waals surface area contributed by atoms with E-state index >= 15 is 0 Å². The predicted octanol–water partition coefficient (Wildman–Crippen LogP) is 3.05. The third kappa shape index (κ3) is 5.39. The van der Waals surface area contributed by atoms with Crippen LogP contribution in [0.5, 0.6) is 0 Å². The standard InChI is InChI=1S/C19H15FO5/c1-24-19(23)14-8-5-13(6-9-14)7-10-18(22)25-12-17(21)15-3-2-4-16(20)11-15/h2-11H,12H2,1H3/b10-7+. The van der Waals surface area contributed by atoms with Gasteiger partial charge in [0.1, 0.15) is 5.82 Å². The molecule has 2 rings (SSSR count). The van der Waals surface area contributed by atoms with Crippen molar-refractivity contribution in [2.75, 3.05) is 13.7 Å². The minimum absolute atomic E-state index is 0.134. The Hall–Kier alpha value is -3.28. The summed E-state index contributed by atoms with van der Waals surface area (Å²) in [6, 6.07) is 11.5. The molecule has 2 aromatic carbocycles. The fourth-order valence-corrected chi connectivity index (χ4v) is 1.94. The number of ether oxygens (including phenoxy) is 2. The average Bonchev–Trinajstić information content (AvgIpc) is 2.64. The van der Waals surface area contributed by atoms with E-state index in [-0.39, 0.29) is 5.56 Å². The Morgan fingerprint density at radius 3 is 2.40 bits per heavy atom. The Morgan fingerprint density at radius 2 is 1.76 bits per heavy atom. The lowest BCUT2D eigenvalue weighted by Gasteiger charge is -2.02. The number of benzene rings is 2. The van der Waals surface area contributed by atoms with Gasteiger partial charge in [0.15, 0.2) is 12.4 Å². The number of ketones is 1. The Balaban J connectivity index is 1.88. The molecule has 128 valence electrons. The summed E-state index contributed by atoms with van der Waals surface area (Å²) >= 11 is 0. The maximum absolute atomic E-state index is 13.0. The molecule has 0 aromatic heterocycles. The molecule has 2 aromatic rings. The summed E-state index contributed by atoms with van der Waals surface area (Å²) in [4.78, 5) is 34.7. The molecule has 0 saturated carbocycles. The molecule has 0 N–H and O–H groups in total. The average molecular weight is 342 g/mol. The number of methoxy groups -OCH3 is 1. The second kappa shape index (κ2) is 8.54. The third-order valence-corrected chi connectivity index (χ3v) is 3.24. The molecule has 0 heterocycles. The normalized spacial score (nSPS) is 10.5. The highest BCUT2D eigenvalue weighted by Gasteiger charge is 2.09. The van der Waals surface area contributed by atoms with Crippen LogP contribution in [0.1, 0.15) is 26.3 Å². The summed E-state index contributed by atoms with van der Waals surface area (Å²) < 4.78 is 22.4. The predicted molar refractivity (Wildman–Crippen MR) is 88.5 cm³/mol. The first kappa shape index (κ1) is 18.1. The first-order valence-electron chi connectivity index (χ1n) is 7.31. The van der Waals surface area contributed by atoms with Crippen molar-refractivity contribution >= 4 is 23.8 Å². The zero-order valence-electron chi connectivity index (χ0n) is 13.4. The molecular formula is C19H15FO5. The van der Waals surface area contributed by atoms with E-state index in [0.29, 0.717) is 11.1 Å². The maximum atomic E-state index is 13.0. The van der Waals surface area contributed by atoms with Gasteiger partial charge < -0.3 is 9.47 Å². The van der Waals surface area contributed by atoms with Crippen LogP contribution in [0.4, 0.5) is 4.39 Å². The van der Waals surface area contributed by atoms with Crippen molar-refractivity contribution in [1.82, 2.24) is 0 Å². The SMILES string of the molecule is COC(=O)c1ccc(/C=C/C(=O)OCC(=O)c2cccc(F)c2)cc1. The Labute approximate surface area is 143 Å². The monoisotopic (exact) mass is 342 g/mol. The van der Waals surface area contributed by atoms with Crippen molar-refractivity contribution in [3.8, 4) is 0 Å². The lowest BCUT2D eigenvalue weighted by Crippen LogP contribution is -2.12. The third-order valence-electron chi connectivity index (χ3n) is 3.24. The fraction of sp³-hybridized carbons (Fsp3) is 0.105. The summed E-state index contributed by atoms with van der Waals surface area (Å²) in [5.74, 6) is -2.19. The van der Waals surface area contributed by atoms with Gasteiger partial charge >= 0.3 is 11.9 Å². The molecule has 5 nitrogen and oxygen atoms in total. The minimum atomic E-state index is -0.707. The quantitative estimate of drug-likeness (QED) is 0.458. The molecule has 0 aliphatic rings. The van der Waals surface area contributed by atoms with Gasteiger partial charge in [-0.15, -0.1) is 0 Å². The second-order valence-corrected chi connectivity index (χ2v) is 4.99. The molecule has 0 aliphatic heterocycles. The number of rotatable bonds is 6. The van der Waals surface area contributed by atoms with E-state index < -0.39 is 30.1 Å². The van der Waals surface area contributed by atoms with Crippen LogP contribution in [0.2, 0.25) is 0 Å². The molecular weight excluding hydrogens is 327 g/mol. The van der Waals surface area contributed by atoms with Gasteiger partial charge in [-0.25, -0.2) is 14.0 Å². The Kier molecular flexibility index (Phi) is 6.17. The van der Waals surface area contributed by atoms with E-state index in [0.717, 1.165) is 12.1 Å². The molecule has 0 bridgehead atoms. The van der Waals surface area contributed by atoms with E-state index in [1.807, 2.05) is 0 Å². The lowest BCUT2D eigenvalue weighted by atomic mass is 10.1. The molecule has 0 fully saturated rings. The zero-order valence-corrected chi connectivity index (χ0v) is 13.4. The summed E-state index contributed by atoms with van der Waals surface area (Å²) in [7, 11) is 1.29. The molecule has 0 spiro atoms. The van der Waals surface area contributed by atoms with Crippen molar-refractivity contribution in [2.24, 2.45) is 0 Å². The smallest absolute Gasteiger partial charge is 0.337 e. The highest BCUT2D eigenvalue weighted by atomic mass is 19.1. The van der Waals surface area contributed by atoms with E-state index in [1.165, 1.54) is 31.4 Å². The first-order chi connectivity index (χ1) is 12.0. The van der Waals surface area contributed by atoms with Crippen LogP contribution >= 0.6 is 0 Å². The molecule has 6 heteroatoms. The number of halogens is 1. The van der Waals surface area contributed by atoms with Crippen molar-refractivity contribution < 1.29 is 28.2 Å². The van der Waals surface area contributed by atoms with Gasteiger partial charge in [-0.1, -0.05) is 24.3 Å². The van der Waals surface area contributed by atoms with Crippen molar-refractivity contribution in [3.63, 3.8) is 0 Å². The molecule has 0 aliphatic carbocycles. The van der Waals surface area contributed by atoms with E-state index in [2.05, 4.69) is 4.74 Å². The molecule has 25 heavy (non-hydrogen) atoms. The van der Waals surface area contributed by atoms with E-state index in [9.17, 15) is 18.8 Å². The molecule has 0 saturated heterocycles. The van der Waals surface area contributed by atoms with Crippen LogP contribution in [0, 0.1) is 5.82 Å². The van der Waals surface area contributed by atoms with Crippen LogP contribution in [0.3, 0.4) is 0 Å². The molecule has 0 amide bonds. The van der Waals surface area contributed by atoms with Crippen LogP contribution in [0.25, 0.3) is 6.08 Å². The van der Waals surface area contributed by atoms with Crippen molar-refractivity contribution in [2.45, 2.75) is 0 Å². The van der Waals surface area contributed by atoms with Gasteiger partial charge in [-0.05, 0) is 35.9 Å². The van der Waals surface area contributed by atoms with Gasteiger partial charge in [0.05, 0.1) is 12.7 Å². The van der Waals surface area contributed by atoms with Gasteiger partial charge in [0.2, 0.25) is 0 Å². The molecule has 0 unspecified atom stereocenters. The molecule has 0 radical (unpaired) electrons. The van der Waals surface area contributed by atoms with E-state index in [1.54, 1.807) is 24.3 Å². The zero-order chi connectivity index (χ0) is 18.2. The first-order valence-corrected chi connectivity index (χ1v) is 7.31. The number of hydrogen-bond acceptors (Lipinski definition) is 5. The lowest BCUT2D eigenvalue weighted by molar-refractivity contribution is -0.136. The largest absolute Gasteiger partial charge is 0.465 e. The Bertz CT molecular complexity index is 809. The summed E-state index contributed by atoms with van der Waals surface area (Å²) in [6.45, 7) is -0.478. The van der Waals surface area contributed by atoms with Gasteiger partial charge in [0.25, 0.3) is 0 Å². The fourth-order valence-electron chi connectivity index (χ4n) is 1.94. The highest BCUT2D eigenvalue weighted by molar-refractivity contribution is 5.99. The maximum Gasteiger partial charge on any atom is 0.337 e. The van der Waals surface area contributed by atoms with Gasteiger partial charge in [-0.3, -0.25) is 4.79 Å². The van der Waals surface area contributed by atoms with Crippen LogP contribution in [0.15, 0.2) is 54.6 Å². The Morgan fingerprint density at radius 1 is 1.04 bits per heavy atom. The van der Waals surface area contributed by atoms with Crippen molar-refractivity contribution in [1.29, 1.82) is 0 Å². The van der Waals surface area contributed by atoms with Crippen LogP contribution < -0.4 is 0 Å². The van der Waals surface area contributed by atoms with Gasteiger partial charge in [-0.2, -0.15) is 0 Å².